The van der Waals surface area contributed by atoms with Crippen molar-refractivity contribution in [2.75, 3.05) is 19.6 Å². The maximum atomic E-state index is 12.0. The minimum absolute atomic E-state index is 0.0231. The fraction of sp³-hybridized carbons (Fsp3) is 0.455. The number of aromatic nitrogens is 1. The minimum atomic E-state index is -0.0231. The predicted octanol–water partition coefficient (Wildman–Crippen LogP) is 1.17. The van der Waals surface area contributed by atoms with Gasteiger partial charge in [0.05, 0.1) is 5.02 Å². The number of piperazine rings is 1. The van der Waals surface area contributed by atoms with E-state index in [1.165, 1.54) is 6.20 Å². The van der Waals surface area contributed by atoms with E-state index in [9.17, 15) is 4.79 Å². The first-order valence-electron chi connectivity index (χ1n) is 5.31. The lowest BCUT2D eigenvalue weighted by Gasteiger charge is -2.31. The molecular formula is C11H14ClN3O. The molecule has 1 aromatic rings. The lowest BCUT2D eigenvalue weighted by molar-refractivity contribution is 0.0703. The predicted molar refractivity (Wildman–Crippen MR) is 62.6 cm³/mol. The third-order valence-electron chi connectivity index (χ3n) is 2.60. The molecule has 16 heavy (non-hydrogen) atoms. The van der Waals surface area contributed by atoms with E-state index in [2.05, 4.69) is 17.2 Å². The molecule has 1 amide bonds. The van der Waals surface area contributed by atoms with Gasteiger partial charge in [-0.15, -0.1) is 0 Å². The third kappa shape index (κ3) is 2.51. The number of halogens is 1. The number of hydrogen-bond acceptors (Lipinski definition) is 3. The van der Waals surface area contributed by atoms with E-state index in [-0.39, 0.29) is 5.91 Å². The van der Waals surface area contributed by atoms with Crippen LogP contribution >= 0.6 is 11.6 Å². The summed E-state index contributed by atoms with van der Waals surface area (Å²) in [5, 5.41) is 3.84. The summed E-state index contributed by atoms with van der Waals surface area (Å²) in [6.07, 6.45) is 1.50. The standard InChI is InChI=1S/C11H14ClN3O/c1-8-7-15(5-4-13-8)11(16)10-3-2-9(12)6-14-10/h2-3,6,8,13H,4-5,7H2,1H3. The van der Waals surface area contributed by atoms with Crippen molar-refractivity contribution in [3.63, 3.8) is 0 Å². The Morgan fingerprint density at radius 3 is 3.06 bits per heavy atom. The van der Waals surface area contributed by atoms with E-state index in [0.717, 1.165) is 19.6 Å². The lowest BCUT2D eigenvalue weighted by Crippen LogP contribution is -2.51. The van der Waals surface area contributed by atoms with Gasteiger partial charge >= 0.3 is 0 Å². The Morgan fingerprint density at radius 2 is 2.44 bits per heavy atom. The smallest absolute Gasteiger partial charge is 0.272 e. The Bertz CT molecular complexity index is 379. The SMILES string of the molecule is CC1CN(C(=O)c2ccc(Cl)cn2)CCN1. The van der Waals surface area contributed by atoms with Gasteiger partial charge in [0.15, 0.2) is 0 Å². The molecule has 4 nitrogen and oxygen atoms in total. The number of nitrogens with one attached hydrogen (secondary N) is 1. The van der Waals surface area contributed by atoms with Crippen molar-refractivity contribution in [1.29, 1.82) is 0 Å². The number of amides is 1. The summed E-state index contributed by atoms with van der Waals surface area (Å²) < 4.78 is 0. The van der Waals surface area contributed by atoms with Crippen molar-refractivity contribution in [3.05, 3.63) is 29.0 Å². The highest BCUT2D eigenvalue weighted by molar-refractivity contribution is 6.30. The Morgan fingerprint density at radius 1 is 1.62 bits per heavy atom. The van der Waals surface area contributed by atoms with Crippen molar-refractivity contribution in [2.24, 2.45) is 0 Å². The second-order valence-corrected chi connectivity index (χ2v) is 4.40. The van der Waals surface area contributed by atoms with E-state index in [1.807, 2.05) is 4.90 Å². The van der Waals surface area contributed by atoms with Gasteiger partial charge in [-0.1, -0.05) is 11.6 Å². The summed E-state index contributed by atoms with van der Waals surface area (Å²) in [6, 6.07) is 3.69. The average molecular weight is 240 g/mol. The summed E-state index contributed by atoms with van der Waals surface area (Å²) >= 11 is 5.73. The largest absolute Gasteiger partial charge is 0.334 e. The number of pyridine rings is 1. The average Bonchev–Trinajstić information content (AvgIpc) is 2.29. The molecule has 0 aliphatic carbocycles. The van der Waals surface area contributed by atoms with E-state index in [1.54, 1.807) is 12.1 Å². The Balaban J connectivity index is 2.09. The van der Waals surface area contributed by atoms with Crippen LogP contribution in [0.25, 0.3) is 0 Å². The van der Waals surface area contributed by atoms with Crippen molar-refractivity contribution in [1.82, 2.24) is 15.2 Å². The zero-order valence-electron chi connectivity index (χ0n) is 9.11. The molecule has 0 aromatic carbocycles. The van der Waals surface area contributed by atoms with Crippen LogP contribution in [-0.2, 0) is 0 Å². The Labute approximate surface area is 99.6 Å². The van der Waals surface area contributed by atoms with Crippen molar-refractivity contribution in [3.8, 4) is 0 Å². The molecule has 1 aliphatic heterocycles. The fourth-order valence-corrected chi connectivity index (χ4v) is 1.89. The molecule has 1 aromatic heterocycles. The van der Waals surface area contributed by atoms with Crippen LogP contribution in [0.3, 0.4) is 0 Å². The molecule has 1 aliphatic rings. The molecule has 0 spiro atoms. The lowest BCUT2D eigenvalue weighted by atomic mass is 10.2. The van der Waals surface area contributed by atoms with Gasteiger partial charge in [-0.25, -0.2) is 4.98 Å². The Kier molecular flexibility index (Phi) is 3.41. The maximum absolute atomic E-state index is 12.0. The van der Waals surface area contributed by atoms with E-state index in [4.69, 9.17) is 11.6 Å². The third-order valence-corrected chi connectivity index (χ3v) is 2.83. The molecule has 1 N–H and O–H groups in total. The van der Waals surface area contributed by atoms with Crippen molar-refractivity contribution < 1.29 is 4.79 Å². The number of hydrogen-bond donors (Lipinski definition) is 1. The first-order valence-corrected chi connectivity index (χ1v) is 5.69. The quantitative estimate of drug-likeness (QED) is 0.800. The molecule has 86 valence electrons. The highest BCUT2D eigenvalue weighted by atomic mass is 35.5. The summed E-state index contributed by atoms with van der Waals surface area (Å²) in [7, 11) is 0. The first-order chi connectivity index (χ1) is 7.66. The second kappa shape index (κ2) is 4.80. The topological polar surface area (TPSA) is 45.2 Å². The van der Waals surface area contributed by atoms with E-state index >= 15 is 0 Å². The molecular weight excluding hydrogens is 226 g/mol. The van der Waals surface area contributed by atoms with Crippen LogP contribution in [0.1, 0.15) is 17.4 Å². The molecule has 1 atom stereocenters. The normalized spacial score (nSPS) is 20.9. The van der Waals surface area contributed by atoms with Gasteiger partial charge in [0.1, 0.15) is 5.69 Å². The van der Waals surface area contributed by atoms with Gasteiger partial charge in [0.25, 0.3) is 5.91 Å². The maximum Gasteiger partial charge on any atom is 0.272 e. The van der Waals surface area contributed by atoms with Crippen LogP contribution < -0.4 is 5.32 Å². The molecule has 0 bridgehead atoms. The Hall–Kier alpha value is -1.13. The number of carbonyl (C=O) groups excluding carboxylic acids is 1. The molecule has 2 heterocycles. The summed E-state index contributed by atoms with van der Waals surface area (Å²) in [4.78, 5) is 17.9. The molecule has 0 saturated carbocycles. The molecule has 2 rings (SSSR count). The van der Waals surface area contributed by atoms with Crippen LogP contribution in [0.15, 0.2) is 18.3 Å². The summed E-state index contributed by atoms with van der Waals surface area (Å²) in [5.74, 6) is -0.0231. The highest BCUT2D eigenvalue weighted by Gasteiger charge is 2.22. The van der Waals surface area contributed by atoms with Crippen LogP contribution in [0.4, 0.5) is 0 Å². The van der Waals surface area contributed by atoms with Crippen LogP contribution in [0, 0.1) is 0 Å². The molecule has 0 radical (unpaired) electrons. The van der Waals surface area contributed by atoms with Crippen LogP contribution in [-0.4, -0.2) is 41.5 Å². The van der Waals surface area contributed by atoms with Gasteiger partial charge in [0.2, 0.25) is 0 Å². The second-order valence-electron chi connectivity index (χ2n) is 3.97. The van der Waals surface area contributed by atoms with Gasteiger partial charge in [-0.2, -0.15) is 0 Å². The summed E-state index contributed by atoms with van der Waals surface area (Å²) in [6.45, 7) is 4.35. The van der Waals surface area contributed by atoms with Crippen molar-refractivity contribution in [2.45, 2.75) is 13.0 Å². The fourth-order valence-electron chi connectivity index (χ4n) is 1.78. The number of rotatable bonds is 1. The van der Waals surface area contributed by atoms with Gasteiger partial charge in [0, 0.05) is 31.9 Å². The monoisotopic (exact) mass is 239 g/mol. The highest BCUT2D eigenvalue weighted by Crippen LogP contribution is 2.09. The van der Waals surface area contributed by atoms with E-state index in [0.29, 0.717) is 16.8 Å². The van der Waals surface area contributed by atoms with Gasteiger partial charge < -0.3 is 10.2 Å². The number of nitrogens with zero attached hydrogens (tertiary/aromatic N) is 2. The first kappa shape index (κ1) is 11.4. The minimum Gasteiger partial charge on any atom is -0.334 e. The van der Waals surface area contributed by atoms with Crippen LogP contribution in [0.5, 0.6) is 0 Å². The van der Waals surface area contributed by atoms with Crippen molar-refractivity contribution >= 4 is 17.5 Å². The molecule has 1 unspecified atom stereocenters. The zero-order chi connectivity index (χ0) is 11.5. The zero-order valence-corrected chi connectivity index (χ0v) is 9.87. The van der Waals surface area contributed by atoms with Gasteiger partial charge in [-0.3, -0.25) is 4.79 Å². The molecule has 5 heteroatoms. The van der Waals surface area contributed by atoms with Crippen LogP contribution in [0.2, 0.25) is 5.02 Å². The van der Waals surface area contributed by atoms with E-state index < -0.39 is 0 Å². The van der Waals surface area contributed by atoms with Gasteiger partial charge in [-0.05, 0) is 19.1 Å². The molecule has 1 saturated heterocycles. The number of carbonyl (C=O) groups is 1. The molecule has 1 fully saturated rings. The summed E-state index contributed by atoms with van der Waals surface area (Å²) in [5.41, 5.74) is 0.457.